The third kappa shape index (κ3) is 4.41. The summed E-state index contributed by atoms with van der Waals surface area (Å²) in [5.74, 6) is -38.3. The number of aryl methyl sites for hydroxylation is 2. The molecular formula is C20H10F15NO3S. The highest BCUT2D eigenvalue weighted by Gasteiger charge is 2.88. The number of alkyl halides is 15. The summed E-state index contributed by atoms with van der Waals surface area (Å²) < 4.78 is 229. The van der Waals surface area contributed by atoms with Crippen LogP contribution in [-0.4, -0.2) is 55.7 Å². The predicted octanol–water partition coefficient (Wildman–Crippen LogP) is 6.95. The van der Waals surface area contributed by atoms with Gasteiger partial charge < -0.3 is 0 Å². The SMILES string of the molecule is O=S(=O)(ON=C(c1ccc2c3c(cccc13)CC2)C(F)(F)C(F)(F)C(F)(F)C(F)(F)C(F)(F)C(F)F)C(F)(F)F. The molecule has 0 atom stereocenters. The zero-order chi connectivity index (χ0) is 30.9. The highest BCUT2D eigenvalue weighted by atomic mass is 32.2. The average molecular weight is 629 g/mol. The van der Waals surface area contributed by atoms with Crippen LogP contribution in [0, 0.1) is 0 Å². The molecule has 0 saturated carbocycles. The third-order valence-electron chi connectivity index (χ3n) is 5.82. The number of benzene rings is 2. The fourth-order valence-electron chi connectivity index (χ4n) is 3.75. The highest BCUT2D eigenvalue weighted by molar-refractivity contribution is 7.87. The van der Waals surface area contributed by atoms with Gasteiger partial charge >= 0.3 is 51.7 Å². The molecule has 0 saturated heterocycles. The zero-order valence-electron chi connectivity index (χ0n) is 18.6. The van der Waals surface area contributed by atoms with Crippen LogP contribution >= 0.6 is 0 Å². The van der Waals surface area contributed by atoms with Gasteiger partial charge in [0.05, 0.1) is 0 Å². The van der Waals surface area contributed by atoms with Crippen LogP contribution in [0.5, 0.6) is 0 Å². The molecule has 0 bridgehead atoms. The smallest absolute Gasteiger partial charge is 0.261 e. The van der Waals surface area contributed by atoms with Crippen molar-refractivity contribution in [1.29, 1.82) is 0 Å². The molecule has 1 aliphatic carbocycles. The molecular weight excluding hydrogens is 619 g/mol. The lowest BCUT2D eigenvalue weighted by Crippen LogP contribution is -2.70. The van der Waals surface area contributed by atoms with Crippen molar-refractivity contribution < 1.29 is 78.6 Å². The first-order valence-corrected chi connectivity index (χ1v) is 11.6. The van der Waals surface area contributed by atoms with Crippen LogP contribution in [0.25, 0.3) is 10.8 Å². The molecule has 0 radical (unpaired) electrons. The van der Waals surface area contributed by atoms with E-state index in [-0.39, 0.29) is 29.4 Å². The lowest BCUT2D eigenvalue weighted by atomic mass is 9.88. The first-order valence-electron chi connectivity index (χ1n) is 10.2. The fourth-order valence-corrected chi connectivity index (χ4v) is 4.00. The summed E-state index contributed by atoms with van der Waals surface area (Å²) in [6.07, 6.45) is -5.45. The molecule has 0 aliphatic heterocycles. The van der Waals surface area contributed by atoms with E-state index in [1.54, 1.807) is 5.16 Å². The van der Waals surface area contributed by atoms with Crippen LogP contribution in [-0.2, 0) is 27.2 Å². The van der Waals surface area contributed by atoms with Crippen molar-refractivity contribution in [3.63, 3.8) is 0 Å². The van der Waals surface area contributed by atoms with Gasteiger partial charge in [-0.2, -0.15) is 65.5 Å². The summed E-state index contributed by atoms with van der Waals surface area (Å²) in [6, 6.07) is 4.36. The van der Waals surface area contributed by atoms with Crippen molar-refractivity contribution in [2.75, 3.05) is 0 Å². The number of nitrogens with zero attached hydrogens (tertiary/aromatic N) is 1. The highest BCUT2D eigenvalue weighted by Crippen LogP contribution is 2.59. The summed E-state index contributed by atoms with van der Waals surface area (Å²) >= 11 is 0. The third-order valence-corrected chi connectivity index (χ3v) is 6.65. The summed E-state index contributed by atoms with van der Waals surface area (Å²) in [5, 5.41) is 1.00. The molecule has 4 nitrogen and oxygen atoms in total. The van der Waals surface area contributed by atoms with E-state index in [1.807, 2.05) is 0 Å². The zero-order valence-corrected chi connectivity index (χ0v) is 19.4. The predicted molar refractivity (Wildman–Crippen MR) is 105 cm³/mol. The minimum Gasteiger partial charge on any atom is -0.261 e. The minimum absolute atomic E-state index is 0.0770. The molecule has 0 amide bonds. The van der Waals surface area contributed by atoms with Crippen molar-refractivity contribution in [2.45, 2.75) is 54.4 Å². The van der Waals surface area contributed by atoms with Gasteiger partial charge in [-0.05, 0) is 34.7 Å². The lowest BCUT2D eigenvalue weighted by molar-refractivity contribution is -0.404. The Morgan fingerprint density at radius 1 is 0.750 bits per heavy atom. The van der Waals surface area contributed by atoms with Gasteiger partial charge in [-0.25, -0.2) is 8.78 Å². The van der Waals surface area contributed by atoms with Crippen molar-refractivity contribution in [2.24, 2.45) is 5.16 Å². The van der Waals surface area contributed by atoms with Gasteiger partial charge in [-0.1, -0.05) is 35.5 Å². The Bertz CT molecular complexity index is 1440. The van der Waals surface area contributed by atoms with Gasteiger partial charge in [-0.15, -0.1) is 0 Å². The molecule has 0 fully saturated rings. The van der Waals surface area contributed by atoms with E-state index in [0.717, 1.165) is 18.2 Å². The van der Waals surface area contributed by atoms with E-state index in [1.165, 1.54) is 6.07 Å². The maximum Gasteiger partial charge on any atom is 0.536 e. The number of halogens is 15. The van der Waals surface area contributed by atoms with Crippen molar-refractivity contribution in [3.8, 4) is 0 Å². The Morgan fingerprint density at radius 2 is 1.27 bits per heavy atom. The first-order chi connectivity index (χ1) is 17.9. The van der Waals surface area contributed by atoms with Gasteiger partial charge in [0, 0.05) is 5.56 Å². The van der Waals surface area contributed by atoms with E-state index >= 15 is 8.78 Å². The van der Waals surface area contributed by atoms with Crippen LogP contribution in [0.4, 0.5) is 65.9 Å². The molecule has 2 aromatic carbocycles. The van der Waals surface area contributed by atoms with Crippen LogP contribution in [0.15, 0.2) is 35.5 Å². The molecule has 3 rings (SSSR count). The van der Waals surface area contributed by atoms with Crippen LogP contribution in [0.1, 0.15) is 16.7 Å². The lowest BCUT2D eigenvalue weighted by Gasteiger charge is -2.39. The quantitative estimate of drug-likeness (QED) is 0.131. The van der Waals surface area contributed by atoms with Gasteiger partial charge in [0.15, 0.2) is 5.71 Å². The van der Waals surface area contributed by atoms with E-state index in [2.05, 4.69) is 4.28 Å². The van der Waals surface area contributed by atoms with Gasteiger partial charge in [0.1, 0.15) is 0 Å². The molecule has 224 valence electrons. The Morgan fingerprint density at radius 3 is 1.77 bits per heavy atom. The number of rotatable bonds is 9. The Labute approximate surface area is 212 Å². The second-order valence-corrected chi connectivity index (χ2v) is 9.77. The Balaban J connectivity index is 2.34. The van der Waals surface area contributed by atoms with Crippen molar-refractivity contribution >= 4 is 26.6 Å². The first kappa shape index (κ1) is 31.6. The standard InChI is InChI=1S/C20H10F15NO3S/c21-14(22)16(25,26)18(29,30)19(31,32)17(27,28)15(23,24)13(36-39-40(37,38)20(33,34)35)11-7-6-9-5-4-8-2-1-3-10(11)12(8)9/h1-3,6-7,14H,4-5H2. The summed E-state index contributed by atoms with van der Waals surface area (Å²) in [6.45, 7) is 0. The van der Waals surface area contributed by atoms with Gasteiger partial charge in [-0.3, -0.25) is 4.28 Å². The summed E-state index contributed by atoms with van der Waals surface area (Å²) in [5.41, 5.74) is -10.6. The maximum atomic E-state index is 15.1. The normalized spacial score (nSPS) is 16.2. The number of hydrogen-bond acceptors (Lipinski definition) is 4. The van der Waals surface area contributed by atoms with E-state index in [0.29, 0.717) is 6.07 Å². The number of hydrogen-bond donors (Lipinski definition) is 0. The van der Waals surface area contributed by atoms with Crippen LogP contribution in [0.3, 0.4) is 0 Å². The van der Waals surface area contributed by atoms with Crippen molar-refractivity contribution in [1.82, 2.24) is 0 Å². The molecule has 0 heterocycles. The van der Waals surface area contributed by atoms with E-state index in [4.69, 9.17) is 0 Å². The van der Waals surface area contributed by atoms with E-state index < -0.39 is 68.3 Å². The second-order valence-electron chi connectivity index (χ2n) is 8.25. The largest absolute Gasteiger partial charge is 0.536 e. The fraction of sp³-hybridized carbons (Fsp3) is 0.450. The summed E-state index contributed by atoms with van der Waals surface area (Å²) in [4.78, 5) is 0. The molecule has 20 heteroatoms. The maximum absolute atomic E-state index is 15.1. The number of oxime groups is 1. The van der Waals surface area contributed by atoms with Gasteiger partial charge in [0.2, 0.25) is 0 Å². The topological polar surface area (TPSA) is 55.7 Å². The van der Waals surface area contributed by atoms with Crippen LogP contribution in [0.2, 0.25) is 0 Å². The molecule has 2 aromatic rings. The molecule has 1 aliphatic rings. The summed E-state index contributed by atoms with van der Waals surface area (Å²) in [7, 11) is -7.08. The Kier molecular flexibility index (Phi) is 7.35. The monoisotopic (exact) mass is 629 g/mol. The molecule has 0 N–H and O–H groups in total. The molecule has 40 heavy (non-hydrogen) atoms. The molecule has 0 spiro atoms. The minimum atomic E-state index is -8.07. The molecule has 0 aromatic heterocycles. The second kappa shape index (κ2) is 9.30. The van der Waals surface area contributed by atoms with Crippen molar-refractivity contribution in [3.05, 3.63) is 47.0 Å². The van der Waals surface area contributed by atoms with Gasteiger partial charge in [0.25, 0.3) is 0 Å². The molecule has 0 unspecified atom stereocenters. The average Bonchev–Trinajstić information content (AvgIpc) is 3.23. The Hall–Kier alpha value is -2.93. The van der Waals surface area contributed by atoms with Crippen LogP contribution < -0.4 is 0 Å². The van der Waals surface area contributed by atoms with E-state index in [9.17, 15) is 65.5 Å².